The van der Waals surface area contributed by atoms with Crippen molar-refractivity contribution in [3.05, 3.63) is 35.9 Å². The molecule has 0 bridgehead atoms. The van der Waals surface area contributed by atoms with Crippen LogP contribution in [-0.2, 0) is 27.1 Å². The molecule has 0 heterocycles. The number of esters is 1. The van der Waals surface area contributed by atoms with Crippen molar-refractivity contribution in [2.24, 2.45) is 5.73 Å². The minimum atomic E-state index is -1.25. The molecule has 1 aromatic rings. The second kappa shape index (κ2) is 8.13. The zero-order chi connectivity index (χ0) is 13.4. The van der Waals surface area contributed by atoms with Crippen LogP contribution < -0.4 is 5.73 Å². The maximum Gasteiger partial charge on any atom is 0.356 e. The van der Waals surface area contributed by atoms with E-state index in [2.05, 4.69) is 0 Å². The quantitative estimate of drug-likeness (QED) is 0.588. The van der Waals surface area contributed by atoms with Gasteiger partial charge in [-0.1, -0.05) is 30.3 Å². The molecule has 0 saturated carbocycles. The highest BCUT2D eigenvalue weighted by molar-refractivity contribution is 7.92. The van der Waals surface area contributed by atoms with Crippen LogP contribution in [0.25, 0.3) is 0 Å². The zero-order valence-electron chi connectivity index (χ0n) is 10.5. The number of rotatable bonds is 7. The zero-order valence-corrected chi connectivity index (χ0v) is 11.3. The normalized spacial score (nSPS) is 13.9. The molecule has 0 aliphatic heterocycles. The van der Waals surface area contributed by atoms with E-state index in [1.807, 2.05) is 30.3 Å². The van der Waals surface area contributed by atoms with Gasteiger partial charge in [0.05, 0.1) is 12.6 Å². The first-order valence-corrected chi connectivity index (χ1v) is 7.40. The number of hydrogen-bond acceptors (Lipinski definition) is 4. The smallest absolute Gasteiger partial charge is 0.356 e. The minimum absolute atomic E-state index is 0.0731. The number of ether oxygens (including phenoxy) is 1. The lowest BCUT2D eigenvalue weighted by molar-refractivity contribution is -0.139. The second-order valence-corrected chi connectivity index (χ2v) is 5.51. The topological polar surface area (TPSA) is 75.4 Å². The molecule has 0 spiro atoms. The molecular formula is C13H19NO3S. The molecule has 5 heteroatoms. The van der Waals surface area contributed by atoms with Gasteiger partial charge in [0.1, 0.15) is 5.75 Å². The summed E-state index contributed by atoms with van der Waals surface area (Å²) in [7, 11) is 0. The van der Waals surface area contributed by atoms with Crippen molar-refractivity contribution in [2.75, 3.05) is 18.1 Å². The van der Waals surface area contributed by atoms with E-state index in [9.17, 15) is 9.35 Å². The Bertz CT molecular complexity index is 359. The summed E-state index contributed by atoms with van der Waals surface area (Å²) in [6.45, 7) is 2.04. The van der Waals surface area contributed by atoms with Gasteiger partial charge >= 0.3 is 5.97 Å². The fourth-order valence-corrected chi connectivity index (χ4v) is 2.67. The molecule has 2 unspecified atom stereocenters. The van der Waals surface area contributed by atoms with Crippen molar-refractivity contribution < 1.29 is 14.1 Å². The van der Waals surface area contributed by atoms with Crippen molar-refractivity contribution in [1.29, 1.82) is 0 Å². The van der Waals surface area contributed by atoms with E-state index in [-0.39, 0.29) is 11.8 Å². The van der Waals surface area contributed by atoms with Crippen LogP contribution in [0.2, 0.25) is 0 Å². The Hall–Kier alpha value is -1.04. The van der Waals surface area contributed by atoms with Gasteiger partial charge in [0, 0.05) is 0 Å². The van der Waals surface area contributed by atoms with Gasteiger partial charge in [-0.15, -0.1) is 0 Å². The fraction of sp³-hybridized carbons (Fsp3) is 0.462. The predicted octanol–water partition coefficient (Wildman–Crippen LogP) is 0.868. The number of hydrogen-bond donors (Lipinski definition) is 1. The highest BCUT2D eigenvalue weighted by Gasteiger charge is 2.18. The van der Waals surface area contributed by atoms with Gasteiger partial charge in [-0.3, -0.25) is 0 Å². The Morgan fingerprint density at radius 1 is 1.44 bits per heavy atom. The van der Waals surface area contributed by atoms with Crippen molar-refractivity contribution in [3.8, 4) is 0 Å². The molecule has 4 nitrogen and oxygen atoms in total. The molecular weight excluding hydrogens is 250 g/mol. The van der Waals surface area contributed by atoms with E-state index in [0.29, 0.717) is 18.8 Å². The van der Waals surface area contributed by atoms with E-state index in [1.54, 1.807) is 6.92 Å². The van der Waals surface area contributed by atoms with E-state index in [0.717, 1.165) is 5.56 Å². The minimum Gasteiger partial charge on any atom is -0.616 e. The third-order valence-electron chi connectivity index (χ3n) is 2.32. The average Bonchev–Trinajstić information content (AvgIpc) is 2.29. The third kappa shape index (κ3) is 6.05. The van der Waals surface area contributed by atoms with Crippen LogP contribution in [-0.4, -0.2) is 34.7 Å². The van der Waals surface area contributed by atoms with Crippen molar-refractivity contribution in [3.63, 3.8) is 0 Å². The molecule has 1 aromatic carbocycles. The van der Waals surface area contributed by atoms with Gasteiger partial charge in [0.2, 0.25) is 5.75 Å². The molecule has 0 amide bonds. The maximum atomic E-state index is 11.7. The molecule has 0 radical (unpaired) electrons. The van der Waals surface area contributed by atoms with Gasteiger partial charge in [0.15, 0.2) is 0 Å². The van der Waals surface area contributed by atoms with E-state index in [4.69, 9.17) is 10.5 Å². The van der Waals surface area contributed by atoms with Gasteiger partial charge in [-0.05, 0) is 30.1 Å². The van der Waals surface area contributed by atoms with Crippen LogP contribution >= 0.6 is 0 Å². The van der Waals surface area contributed by atoms with Crippen LogP contribution in [0.3, 0.4) is 0 Å². The Labute approximate surface area is 111 Å². The Kier molecular flexibility index (Phi) is 6.78. The molecule has 1 rings (SSSR count). The lowest BCUT2D eigenvalue weighted by atomic mass is 10.1. The van der Waals surface area contributed by atoms with E-state index in [1.165, 1.54) is 0 Å². The molecule has 0 aliphatic rings. The summed E-state index contributed by atoms with van der Waals surface area (Å²) in [5.74, 6) is -0.188. The molecule has 0 saturated heterocycles. The predicted molar refractivity (Wildman–Crippen MR) is 72.6 cm³/mol. The van der Waals surface area contributed by atoms with Gasteiger partial charge in [-0.25, -0.2) is 4.79 Å². The molecule has 0 aliphatic carbocycles. The molecule has 0 fully saturated rings. The van der Waals surface area contributed by atoms with Crippen molar-refractivity contribution in [2.45, 2.75) is 19.4 Å². The van der Waals surface area contributed by atoms with Gasteiger partial charge in [-0.2, -0.15) is 0 Å². The number of nitrogens with two attached hydrogens (primary N) is 1. The maximum absolute atomic E-state index is 11.7. The fourth-order valence-electron chi connectivity index (χ4n) is 1.61. The van der Waals surface area contributed by atoms with Crippen LogP contribution in [0.15, 0.2) is 30.3 Å². The number of carbonyl (C=O) groups is 1. The summed E-state index contributed by atoms with van der Waals surface area (Å²) in [6.07, 6.45) is 0.662. The first-order chi connectivity index (χ1) is 8.61. The van der Waals surface area contributed by atoms with Crippen molar-refractivity contribution >= 4 is 17.1 Å². The summed E-state index contributed by atoms with van der Waals surface area (Å²) in [6, 6.07) is 9.58. The molecule has 2 N–H and O–H groups in total. The molecule has 2 atom stereocenters. The first-order valence-electron chi connectivity index (χ1n) is 5.92. The Balaban J connectivity index is 2.31. The number of benzene rings is 1. The van der Waals surface area contributed by atoms with Crippen LogP contribution in [0.4, 0.5) is 0 Å². The first kappa shape index (κ1) is 15.0. The van der Waals surface area contributed by atoms with Crippen LogP contribution in [0.5, 0.6) is 0 Å². The summed E-state index contributed by atoms with van der Waals surface area (Å²) >= 11 is -1.25. The van der Waals surface area contributed by atoms with Crippen LogP contribution in [0.1, 0.15) is 12.5 Å². The van der Waals surface area contributed by atoms with E-state index < -0.39 is 17.1 Å². The van der Waals surface area contributed by atoms with Gasteiger partial charge < -0.3 is 15.0 Å². The van der Waals surface area contributed by atoms with Crippen molar-refractivity contribution in [1.82, 2.24) is 0 Å². The SMILES string of the molecule is CCOC(=O)C[S+]([O-])CC(N)Cc1ccccc1. The monoisotopic (exact) mass is 269 g/mol. The summed E-state index contributed by atoms with van der Waals surface area (Å²) < 4.78 is 16.4. The van der Waals surface area contributed by atoms with Crippen LogP contribution in [0, 0.1) is 0 Å². The lowest BCUT2D eigenvalue weighted by Gasteiger charge is -2.15. The molecule has 18 heavy (non-hydrogen) atoms. The average molecular weight is 269 g/mol. The van der Waals surface area contributed by atoms with E-state index >= 15 is 0 Å². The lowest BCUT2D eigenvalue weighted by Crippen LogP contribution is -2.34. The standard InChI is InChI=1S/C13H19NO3S/c1-2-17-13(15)10-18(16)9-12(14)8-11-6-4-3-5-7-11/h3-7,12H,2,8-10,14H2,1H3. The molecule has 0 aromatic heterocycles. The second-order valence-electron chi connectivity index (χ2n) is 4.01. The Morgan fingerprint density at radius 3 is 2.72 bits per heavy atom. The highest BCUT2D eigenvalue weighted by Crippen LogP contribution is 2.04. The van der Waals surface area contributed by atoms with Gasteiger partial charge in [0.25, 0.3) is 0 Å². The Morgan fingerprint density at radius 2 is 2.11 bits per heavy atom. The highest BCUT2D eigenvalue weighted by atomic mass is 32.2. The molecule has 100 valence electrons. The summed E-state index contributed by atoms with van der Waals surface area (Å²) in [5.41, 5.74) is 7.02. The summed E-state index contributed by atoms with van der Waals surface area (Å²) in [4.78, 5) is 11.1. The summed E-state index contributed by atoms with van der Waals surface area (Å²) in [5, 5.41) is 0. The largest absolute Gasteiger partial charge is 0.616 e. The number of carbonyl (C=O) groups excluding carboxylic acids is 1. The third-order valence-corrected chi connectivity index (χ3v) is 3.68.